The first-order valence-corrected chi connectivity index (χ1v) is 4.52. The molecule has 5 nitrogen and oxygen atoms in total. The van der Waals surface area contributed by atoms with Gasteiger partial charge in [-0.3, -0.25) is 5.10 Å². The number of benzene rings is 1. The Bertz CT molecular complexity index is 572. The summed E-state index contributed by atoms with van der Waals surface area (Å²) < 4.78 is 26.8. The SMILES string of the molecule is Nc1[nH]ncc1-c1cc(F)c(C(=O)O)c(F)c1. The summed E-state index contributed by atoms with van der Waals surface area (Å²) in [4.78, 5) is 10.6. The summed E-state index contributed by atoms with van der Waals surface area (Å²) in [5, 5.41) is 14.6. The molecule has 0 fully saturated rings. The van der Waals surface area contributed by atoms with Crippen molar-refractivity contribution < 1.29 is 18.7 Å². The lowest BCUT2D eigenvalue weighted by molar-refractivity contribution is 0.0686. The fourth-order valence-electron chi connectivity index (χ4n) is 1.46. The summed E-state index contributed by atoms with van der Waals surface area (Å²) in [5.74, 6) is -3.83. The molecule has 4 N–H and O–H groups in total. The third-order valence-corrected chi connectivity index (χ3v) is 2.24. The molecule has 0 aliphatic carbocycles. The molecule has 0 saturated carbocycles. The number of carboxylic acid groups (broad SMARTS) is 1. The summed E-state index contributed by atoms with van der Waals surface area (Å²) >= 11 is 0. The van der Waals surface area contributed by atoms with Gasteiger partial charge in [-0.1, -0.05) is 0 Å². The Labute approximate surface area is 93.9 Å². The zero-order valence-electron chi connectivity index (χ0n) is 8.37. The number of hydrogen-bond donors (Lipinski definition) is 3. The Balaban J connectivity index is 2.61. The summed E-state index contributed by atoms with van der Waals surface area (Å²) in [6, 6.07) is 1.79. The lowest BCUT2D eigenvalue weighted by atomic mass is 10.1. The molecule has 0 saturated heterocycles. The van der Waals surface area contributed by atoms with Crippen LogP contribution in [0.15, 0.2) is 18.3 Å². The number of anilines is 1. The zero-order chi connectivity index (χ0) is 12.6. The lowest BCUT2D eigenvalue weighted by Gasteiger charge is -2.04. The second-order valence-corrected chi connectivity index (χ2v) is 3.32. The number of H-pyrrole nitrogens is 1. The normalized spacial score (nSPS) is 10.5. The number of nitrogens with one attached hydrogen (secondary N) is 1. The van der Waals surface area contributed by atoms with Crippen LogP contribution < -0.4 is 5.73 Å². The molecule has 0 spiro atoms. The topological polar surface area (TPSA) is 92.0 Å². The van der Waals surface area contributed by atoms with E-state index in [1.807, 2.05) is 0 Å². The lowest BCUT2D eigenvalue weighted by Crippen LogP contribution is -2.05. The highest BCUT2D eigenvalue weighted by Crippen LogP contribution is 2.27. The third kappa shape index (κ3) is 1.82. The quantitative estimate of drug-likeness (QED) is 0.742. The van der Waals surface area contributed by atoms with Gasteiger partial charge in [-0.2, -0.15) is 5.10 Å². The number of nitrogen functional groups attached to an aromatic ring is 1. The summed E-state index contributed by atoms with van der Waals surface area (Å²) in [6.45, 7) is 0. The standard InChI is InChI=1S/C10H7F2N3O2/c11-6-1-4(5-3-14-15-9(5)13)2-7(12)8(6)10(16)17/h1-3H,(H,16,17)(H3,13,14,15). The van der Waals surface area contributed by atoms with E-state index in [0.29, 0.717) is 5.56 Å². The minimum absolute atomic E-state index is 0.122. The Kier molecular flexibility index (Phi) is 2.51. The maximum Gasteiger partial charge on any atom is 0.341 e. The molecule has 1 aromatic heterocycles. The van der Waals surface area contributed by atoms with Gasteiger partial charge in [-0.25, -0.2) is 13.6 Å². The van der Waals surface area contributed by atoms with Crippen molar-refractivity contribution in [1.82, 2.24) is 10.2 Å². The van der Waals surface area contributed by atoms with Gasteiger partial charge < -0.3 is 10.8 Å². The van der Waals surface area contributed by atoms with Crippen LogP contribution in [0.5, 0.6) is 0 Å². The van der Waals surface area contributed by atoms with E-state index >= 15 is 0 Å². The molecule has 0 bridgehead atoms. The van der Waals surface area contributed by atoms with Gasteiger partial charge >= 0.3 is 5.97 Å². The van der Waals surface area contributed by atoms with E-state index in [1.165, 1.54) is 6.20 Å². The van der Waals surface area contributed by atoms with Crippen LogP contribution in [0.2, 0.25) is 0 Å². The van der Waals surface area contributed by atoms with E-state index in [2.05, 4.69) is 10.2 Å². The largest absolute Gasteiger partial charge is 0.477 e. The van der Waals surface area contributed by atoms with Crippen LogP contribution in [0, 0.1) is 11.6 Å². The van der Waals surface area contributed by atoms with E-state index in [4.69, 9.17) is 10.8 Å². The number of hydrogen-bond acceptors (Lipinski definition) is 3. The first-order valence-electron chi connectivity index (χ1n) is 4.52. The van der Waals surface area contributed by atoms with Crippen molar-refractivity contribution in [3.05, 3.63) is 35.5 Å². The highest BCUT2D eigenvalue weighted by atomic mass is 19.1. The maximum absolute atomic E-state index is 13.4. The molecule has 17 heavy (non-hydrogen) atoms. The fourth-order valence-corrected chi connectivity index (χ4v) is 1.46. The monoisotopic (exact) mass is 239 g/mol. The van der Waals surface area contributed by atoms with Gasteiger partial charge in [0.25, 0.3) is 0 Å². The molecule has 0 aliphatic rings. The summed E-state index contributed by atoms with van der Waals surface area (Å²) in [5.41, 5.74) is 4.93. The Morgan fingerprint density at radius 2 is 1.94 bits per heavy atom. The van der Waals surface area contributed by atoms with Crippen LogP contribution >= 0.6 is 0 Å². The zero-order valence-corrected chi connectivity index (χ0v) is 8.37. The summed E-state index contributed by atoms with van der Waals surface area (Å²) in [6.07, 6.45) is 1.30. The Hall–Kier alpha value is -2.44. The molecule has 0 radical (unpaired) electrons. The van der Waals surface area contributed by atoms with Crippen LogP contribution in [0.4, 0.5) is 14.6 Å². The van der Waals surface area contributed by atoms with Gasteiger partial charge in [0, 0.05) is 5.56 Å². The fraction of sp³-hybridized carbons (Fsp3) is 0. The number of nitrogens with two attached hydrogens (primary N) is 1. The van der Waals surface area contributed by atoms with Crippen molar-refractivity contribution in [3.63, 3.8) is 0 Å². The maximum atomic E-state index is 13.4. The van der Waals surface area contributed by atoms with Crippen molar-refractivity contribution >= 4 is 11.8 Å². The minimum atomic E-state index is -1.66. The van der Waals surface area contributed by atoms with Gasteiger partial charge in [0.05, 0.1) is 6.20 Å². The second kappa shape index (κ2) is 3.85. The number of nitrogens with zero attached hydrogens (tertiary/aromatic N) is 1. The number of rotatable bonds is 2. The number of halogens is 2. The predicted molar refractivity (Wildman–Crippen MR) is 55.3 cm³/mol. The van der Waals surface area contributed by atoms with Gasteiger partial charge in [-0.15, -0.1) is 0 Å². The van der Waals surface area contributed by atoms with Crippen LogP contribution in [0.25, 0.3) is 11.1 Å². The number of carboxylic acids is 1. The van der Waals surface area contributed by atoms with E-state index < -0.39 is 23.2 Å². The number of aromatic carboxylic acids is 1. The predicted octanol–water partition coefficient (Wildman–Crippen LogP) is 1.64. The molecule has 0 unspecified atom stereocenters. The van der Waals surface area contributed by atoms with Crippen molar-refractivity contribution in [2.45, 2.75) is 0 Å². The van der Waals surface area contributed by atoms with Gasteiger partial charge in [0.2, 0.25) is 0 Å². The van der Waals surface area contributed by atoms with E-state index in [1.54, 1.807) is 0 Å². The average molecular weight is 239 g/mol. The molecule has 1 aromatic carbocycles. The number of aromatic amines is 1. The number of aromatic nitrogens is 2. The molecular formula is C10H7F2N3O2. The van der Waals surface area contributed by atoms with Crippen LogP contribution in [0.3, 0.4) is 0 Å². The molecule has 0 atom stereocenters. The van der Waals surface area contributed by atoms with Crippen molar-refractivity contribution in [2.24, 2.45) is 0 Å². The molecule has 0 aliphatic heterocycles. The smallest absolute Gasteiger partial charge is 0.341 e. The van der Waals surface area contributed by atoms with Crippen LogP contribution in [-0.4, -0.2) is 21.3 Å². The molecule has 0 amide bonds. The molecule has 1 heterocycles. The third-order valence-electron chi connectivity index (χ3n) is 2.24. The van der Waals surface area contributed by atoms with Gasteiger partial charge in [-0.05, 0) is 17.7 Å². The van der Waals surface area contributed by atoms with Crippen LogP contribution in [0.1, 0.15) is 10.4 Å². The van der Waals surface area contributed by atoms with Crippen molar-refractivity contribution in [2.75, 3.05) is 5.73 Å². The molecular weight excluding hydrogens is 232 g/mol. The van der Waals surface area contributed by atoms with Crippen molar-refractivity contribution in [1.29, 1.82) is 0 Å². The minimum Gasteiger partial charge on any atom is -0.477 e. The summed E-state index contributed by atoms with van der Waals surface area (Å²) in [7, 11) is 0. The molecule has 2 rings (SSSR count). The van der Waals surface area contributed by atoms with Gasteiger partial charge in [0.15, 0.2) is 0 Å². The van der Waals surface area contributed by atoms with E-state index in [9.17, 15) is 13.6 Å². The first kappa shape index (κ1) is 11.1. The highest BCUT2D eigenvalue weighted by Gasteiger charge is 2.19. The first-order chi connectivity index (χ1) is 8.00. The molecule has 88 valence electrons. The average Bonchev–Trinajstić information content (AvgIpc) is 2.62. The van der Waals surface area contributed by atoms with Crippen LogP contribution in [-0.2, 0) is 0 Å². The highest BCUT2D eigenvalue weighted by molar-refractivity contribution is 5.89. The van der Waals surface area contributed by atoms with Gasteiger partial charge in [0.1, 0.15) is 23.0 Å². The van der Waals surface area contributed by atoms with E-state index in [-0.39, 0.29) is 11.4 Å². The molecule has 2 aromatic rings. The molecule has 7 heteroatoms. The Morgan fingerprint density at radius 3 is 2.35 bits per heavy atom. The van der Waals surface area contributed by atoms with Crippen molar-refractivity contribution in [3.8, 4) is 11.1 Å². The van der Waals surface area contributed by atoms with E-state index in [0.717, 1.165) is 12.1 Å². The number of carbonyl (C=O) groups is 1. The Morgan fingerprint density at radius 1 is 1.35 bits per heavy atom. The second-order valence-electron chi connectivity index (χ2n) is 3.32.